The van der Waals surface area contributed by atoms with Crippen molar-refractivity contribution in [3.8, 4) is 0 Å². The van der Waals surface area contributed by atoms with Crippen molar-refractivity contribution in [1.82, 2.24) is 15.3 Å². The van der Waals surface area contributed by atoms with Gasteiger partial charge in [0.1, 0.15) is 29.6 Å². The van der Waals surface area contributed by atoms with Crippen molar-refractivity contribution in [2.24, 2.45) is 36.3 Å². The molecule has 1 fully saturated rings. The summed E-state index contributed by atoms with van der Waals surface area (Å²) in [5.74, 6) is -0.341. The number of aliphatic hydroxyl groups excluding tert-OH is 2. The zero-order chi connectivity index (χ0) is 42.6. The molecule has 0 saturated heterocycles. The fourth-order valence-corrected chi connectivity index (χ4v) is 13.7. The Labute approximate surface area is 351 Å². The van der Waals surface area contributed by atoms with Crippen molar-refractivity contribution >= 4 is 60.3 Å². The molecule has 1 saturated carbocycles. The maximum atomic E-state index is 13.6. The smallest absolute Gasteiger partial charge is 0.354 e. The molecule has 10 N–H and O–H groups in total. The van der Waals surface area contributed by atoms with E-state index in [1.54, 1.807) is 13.8 Å². The molecule has 2 heterocycles. The van der Waals surface area contributed by atoms with Gasteiger partial charge in [0.05, 0.1) is 30.6 Å². The lowest BCUT2D eigenvalue weighted by Crippen LogP contribution is -2.48. The van der Waals surface area contributed by atoms with Gasteiger partial charge >= 0.3 is 12.1 Å². The molecule has 8 atom stereocenters. The first-order valence-electron chi connectivity index (χ1n) is 19.5. The van der Waals surface area contributed by atoms with Crippen LogP contribution in [-0.2, 0) is 50.3 Å². The zero-order valence-corrected chi connectivity index (χ0v) is 36.6. The number of nitrogens with zero attached hydrogens (tertiary/aromatic N) is 4. The zero-order valence-electron chi connectivity index (χ0n) is 33.4. The van der Waals surface area contributed by atoms with Crippen LogP contribution in [0.25, 0.3) is 0 Å². The Balaban J connectivity index is 1.06. The summed E-state index contributed by atoms with van der Waals surface area (Å²) in [5, 5.41) is 62.4. The minimum atomic E-state index is -3.71. The molecule has 59 heavy (non-hydrogen) atoms. The molecule has 5 aliphatic carbocycles. The third-order valence-electron chi connectivity index (χ3n) is 12.5. The van der Waals surface area contributed by atoms with E-state index in [1.165, 1.54) is 26.2 Å². The predicted octanol–water partition coefficient (Wildman–Crippen LogP) is 4.97. The first-order valence-corrected chi connectivity index (χ1v) is 24.3. The Morgan fingerprint density at radius 3 is 2.12 bits per heavy atom. The van der Waals surface area contributed by atoms with Gasteiger partial charge in [-0.2, -0.15) is 0 Å². The molecule has 1 aromatic carbocycles. The number of thiazole rings is 2. The highest BCUT2D eigenvalue weighted by Gasteiger charge is 2.52. The van der Waals surface area contributed by atoms with Gasteiger partial charge in [-0.1, -0.05) is 24.6 Å². The number of rotatable bonds is 7. The summed E-state index contributed by atoms with van der Waals surface area (Å²) in [6, 6.07) is -0.315. The van der Waals surface area contributed by atoms with Gasteiger partial charge < -0.3 is 31.1 Å². The first kappa shape index (κ1) is 42.3. The van der Waals surface area contributed by atoms with Crippen LogP contribution < -0.4 is 20.9 Å². The molecule has 0 bridgehead atoms. The van der Waals surface area contributed by atoms with Crippen LogP contribution in [0.2, 0.25) is 0 Å². The highest BCUT2D eigenvalue weighted by Crippen LogP contribution is 2.56. The van der Waals surface area contributed by atoms with E-state index >= 15 is 0 Å². The number of nitrogens with two attached hydrogens (primary N) is 2. The number of amides is 4. The van der Waals surface area contributed by atoms with Crippen molar-refractivity contribution < 1.29 is 38.4 Å². The van der Waals surface area contributed by atoms with Crippen LogP contribution in [0, 0.1) is 17.3 Å². The third-order valence-corrected chi connectivity index (χ3v) is 18.9. The van der Waals surface area contributed by atoms with Gasteiger partial charge in [-0.25, -0.2) is 38.3 Å². The molecular weight excluding hydrogens is 837 g/mol. The maximum Gasteiger partial charge on any atom is 0.354 e. The molecule has 318 valence electrons. The SMILES string of the molecule is CC(C)(O)c1ncc(S(N)(=O)=NC(=O)Nc2c3c(cc4c2CCC4O)CC(C2CC4=C(C=C5CCCC5(C)C4NC(=O)N=S(N)(=O)c4cnc(C(C)(C)O)s4)C2O)C3)s1. The number of fused-ring (bicyclic) bond motifs is 3. The highest BCUT2D eigenvalue weighted by molar-refractivity contribution is 7.94. The van der Waals surface area contributed by atoms with Crippen LogP contribution in [-0.4, -0.2) is 63.0 Å². The number of urea groups is 2. The van der Waals surface area contributed by atoms with E-state index in [0.29, 0.717) is 43.4 Å². The lowest BCUT2D eigenvalue weighted by atomic mass is 9.69. The molecule has 0 radical (unpaired) electrons. The van der Waals surface area contributed by atoms with Crippen molar-refractivity contribution in [3.63, 3.8) is 0 Å². The number of benzene rings is 1. The molecular formula is C39H50N8O8S4. The average molecular weight is 887 g/mol. The number of hydrogen-bond acceptors (Lipinski definition) is 12. The van der Waals surface area contributed by atoms with Crippen LogP contribution in [0.1, 0.15) is 105 Å². The quantitative estimate of drug-likeness (QED) is 0.158. The van der Waals surface area contributed by atoms with Gasteiger partial charge in [-0.15, -0.1) is 31.4 Å². The summed E-state index contributed by atoms with van der Waals surface area (Å²) >= 11 is 1.84. The largest absolute Gasteiger partial charge is 0.388 e. The minimum Gasteiger partial charge on any atom is -0.388 e. The first-order chi connectivity index (χ1) is 27.5. The van der Waals surface area contributed by atoms with E-state index in [0.717, 1.165) is 75.3 Å². The summed E-state index contributed by atoms with van der Waals surface area (Å²) in [6.45, 7) is 8.24. The number of aliphatic hydroxyl groups is 4. The summed E-state index contributed by atoms with van der Waals surface area (Å²) in [7, 11) is -7.40. The van der Waals surface area contributed by atoms with E-state index in [9.17, 15) is 38.4 Å². The topological polar surface area (TPSA) is 276 Å². The Morgan fingerprint density at radius 1 is 0.915 bits per heavy atom. The highest BCUT2D eigenvalue weighted by atomic mass is 32.2. The monoisotopic (exact) mass is 886 g/mol. The fraction of sp³-hybridized carbons (Fsp3) is 0.538. The summed E-state index contributed by atoms with van der Waals surface area (Å²) in [4.78, 5) is 35.4. The van der Waals surface area contributed by atoms with E-state index in [-0.39, 0.29) is 30.3 Å². The van der Waals surface area contributed by atoms with Crippen LogP contribution in [0.3, 0.4) is 0 Å². The number of anilines is 1. The maximum absolute atomic E-state index is 13.6. The number of nitrogens with one attached hydrogen (secondary N) is 2. The van der Waals surface area contributed by atoms with Gasteiger partial charge in [0.25, 0.3) is 0 Å². The second-order valence-corrected chi connectivity index (χ2v) is 23.7. The van der Waals surface area contributed by atoms with Gasteiger partial charge in [-0.3, -0.25) is 0 Å². The molecule has 16 nitrogen and oxygen atoms in total. The number of carbonyl (C=O) groups is 2. The number of carbonyl (C=O) groups excluding carboxylic acids is 2. The predicted molar refractivity (Wildman–Crippen MR) is 224 cm³/mol. The van der Waals surface area contributed by atoms with E-state index < -0.39 is 66.8 Å². The molecule has 0 aliphatic heterocycles. The van der Waals surface area contributed by atoms with Crippen molar-refractivity contribution in [2.45, 2.75) is 124 Å². The van der Waals surface area contributed by atoms with Crippen LogP contribution >= 0.6 is 22.7 Å². The summed E-state index contributed by atoms with van der Waals surface area (Å²) < 4.78 is 34.9. The second kappa shape index (κ2) is 14.6. The summed E-state index contributed by atoms with van der Waals surface area (Å²) in [6.07, 6.45) is 8.03. The normalized spacial score (nSPS) is 28.2. The van der Waals surface area contributed by atoms with E-state index in [1.807, 2.05) is 6.07 Å². The summed E-state index contributed by atoms with van der Waals surface area (Å²) in [5.41, 5.74) is 3.48. The second-order valence-electron chi connectivity index (χ2n) is 17.6. The molecule has 2 aromatic heterocycles. The number of hydrogen-bond donors (Lipinski definition) is 8. The Bertz CT molecular complexity index is 2600. The van der Waals surface area contributed by atoms with Crippen molar-refractivity contribution in [3.05, 3.63) is 73.5 Å². The van der Waals surface area contributed by atoms with Gasteiger partial charge in [0, 0.05) is 11.1 Å². The Morgan fingerprint density at radius 2 is 1.53 bits per heavy atom. The third kappa shape index (κ3) is 7.63. The van der Waals surface area contributed by atoms with E-state index in [2.05, 4.69) is 42.3 Å². The molecule has 5 aliphatic rings. The van der Waals surface area contributed by atoms with Gasteiger partial charge in [0.15, 0.2) is 19.8 Å². The molecule has 8 unspecified atom stereocenters. The molecule has 0 spiro atoms. The van der Waals surface area contributed by atoms with Gasteiger partial charge in [0.2, 0.25) is 0 Å². The van der Waals surface area contributed by atoms with Crippen molar-refractivity contribution in [2.75, 3.05) is 5.32 Å². The average Bonchev–Trinajstić information content (AvgIpc) is 3.97. The molecule has 20 heteroatoms. The lowest BCUT2D eigenvalue weighted by Gasteiger charge is -2.40. The van der Waals surface area contributed by atoms with E-state index in [4.69, 9.17) is 10.3 Å². The molecule has 3 aromatic rings. The lowest BCUT2D eigenvalue weighted by molar-refractivity contribution is 0.0777. The standard InChI is InChI=1S/C39H50N8O8S4/c1-37(2,52)33-42-16-28(56-33)58(40,54)46-35(50)44-30-21-8-9-27(48)24(21)13-18-11-19(12-22(18)30)23-15-26-25(31(23)49)14-20-7-6-10-39(20,5)32(26)45-36(51)47-59(41,55)29-17-43-34(57-29)38(3,4)53/h13-14,16-17,19,23,27,31-32,48-49,52-53H,6-12,15H2,1-5H3,(H3,40,44,46,50,54)(H3,41,45,47,51,55). The van der Waals surface area contributed by atoms with Crippen molar-refractivity contribution in [1.29, 1.82) is 0 Å². The molecule has 4 amide bonds. The fourth-order valence-electron chi connectivity index (χ4n) is 9.58. The van der Waals surface area contributed by atoms with Crippen LogP contribution in [0.5, 0.6) is 0 Å². The van der Waals surface area contributed by atoms with Crippen LogP contribution in [0.15, 0.2) is 58.4 Å². The van der Waals surface area contributed by atoms with Gasteiger partial charge in [-0.05, 0) is 124 Å². The Hall–Kier alpha value is -3.44. The minimum absolute atomic E-state index is 0.0452. The number of aromatic nitrogens is 2. The van der Waals surface area contributed by atoms with Crippen LogP contribution in [0.4, 0.5) is 15.3 Å². The Kier molecular flexibility index (Phi) is 10.5. The molecule has 8 rings (SSSR count).